The van der Waals surface area contributed by atoms with Crippen molar-refractivity contribution in [3.05, 3.63) is 54.4 Å². The van der Waals surface area contributed by atoms with Crippen LogP contribution in [0, 0.1) is 0 Å². The first-order valence-corrected chi connectivity index (χ1v) is 4.73. The number of fused-ring (bicyclic) bond motifs is 1. The third-order valence-electron chi connectivity index (χ3n) is 2.32. The Balaban J connectivity index is 2.71. The lowest BCUT2D eigenvalue weighted by Gasteiger charge is -2.04. The van der Waals surface area contributed by atoms with E-state index in [4.69, 9.17) is 0 Å². The predicted octanol–water partition coefficient (Wildman–Crippen LogP) is 2.99. The molecule has 0 spiro atoms. The van der Waals surface area contributed by atoms with Crippen LogP contribution in [-0.2, 0) is 0 Å². The van der Waals surface area contributed by atoms with E-state index in [0.29, 0.717) is 11.1 Å². The minimum Gasteiger partial charge on any atom is -0.289 e. The SMILES string of the molecule is C=C(C)C(=O)c1cccc2ccncc12. The van der Waals surface area contributed by atoms with Crippen LogP contribution in [0.25, 0.3) is 10.8 Å². The Bertz CT molecular complexity index is 538. The molecule has 15 heavy (non-hydrogen) atoms. The first-order chi connectivity index (χ1) is 7.20. The van der Waals surface area contributed by atoms with Crippen LogP contribution < -0.4 is 0 Å². The van der Waals surface area contributed by atoms with Gasteiger partial charge in [0, 0.05) is 23.3 Å². The molecule has 0 amide bonds. The van der Waals surface area contributed by atoms with Gasteiger partial charge in [-0.15, -0.1) is 0 Å². The van der Waals surface area contributed by atoms with Gasteiger partial charge in [-0.25, -0.2) is 0 Å². The molecule has 0 fully saturated rings. The third kappa shape index (κ3) is 1.66. The molecule has 0 N–H and O–H groups in total. The number of hydrogen-bond acceptors (Lipinski definition) is 2. The second-order valence-corrected chi connectivity index (χ2v) is 3.51. The summed E-state index contributed by atoms with van der Waals surface area (Å²) in [4.78, 5) is 15.9. The molecule has 1 aromatic heterocycles. The maximum Gasteiger partial charge on any atom is 0.188 e. The monoisotopic (exact) mass is 197 g/mol. The number of aromatic nitrogens is 1. The van der Waals surface area contributed by atoms with Gasteiger partial charge < -0.3 is 0 Å². The molecule has 2 aromatic rings. The fraction of sp³-hybridized carbons (Fsp3) is 0.0769. The molecule has 0 aliphatic carbocycles. The van der Waals surface area contributed by atoms with E-state index < -0.39 is 0 Å². The quantitative estimate of drug-likeness (QED) is 0.547. The zero-order chi connectivity index (χ0) is 10.8. The Labute approximate surface area is 88.3 Å². The molecule has 0 aliphatic rings. The van der Waals surface area contributed by atoms with Crippen LogP contribution in [0.15, 0.2) is 48.8 Å². The van der Waals surface area contributed by atoms with E-state index in [1.54, 1.807) is 25.4 Å². The minimum absolute atomic E-state index is 0.0198. The first kappa shape index (κ1) is 9.59. The highest BCUT2D eigenvalue weighted by atomic mass is 16.1. The number of carbonyl (C=O) groups is 1. The number of carbonyl (C=O) groups excluding carboxylic acids is 1. The van der Waals surface area contributed by atoms with Crippen LogP contribution in [-0.4, -0.2) is 10.8 Å². The van der Waals surface area contributed by atoms with Gasteiger partial charge in [0.25, 0.3) is 0 Å². The third-order valence-corrected chi connectivity index (χ3v) is 2.32. The number of hydrogen-bond donors (Lipinski definition) is 0. The Morgan fingerprint density at radius 3 is 2.87 bits per heavy atom. The van der Waals surface area contributed by atoms with Crippen LogP contribution in [0.1, 0.15) is 17.3 Å². The maximum atomic E-state index is 11.8. The number of allylic oxidation sites excluding steroid dienone is 1. The van der Waals surface area contributed by atoms with E-state index in [1.807, 2.05) is 18.2 Å². The summed E-state index contributed by atoms with van der Waals surface area (Å²) in [5, 5.41) is 1.91. The van der Waals surface area contributed by atoms with Crippen molar-refractivity contribution >= 4 is 16.6 Å². The van der Waals surface area contributed by atoms with Crippen molar-refractivity contribution < 1.29 is 4.79 Å². The van der Waals surface area contributed by atoms with E-state index in [-0.39, 0.29) is 5.78 Å². The number of pyridine rings is 1. The summed E-state index contributed by atoms with van der Waals surface area (Å²) in [5.41, 5.74) is 1.22. The molecule has 74 valence electrons. The fourth-order valence-corrected chi connectivity index (χ4v) is 1.54. The summed E-state index contributed by atoms with van der Waals surface area (Å²) >= 11 is 0. The predicted molar refractivity (Wildman–Crippen MR) is 60.9 cm³/mol. The number of nitrogens with zero attached hydrogens (tertiary/aromatic N) is 1. The van der Waals surface area contributed by atoms with Crippen LogP contribution in [0.4, 0.5) is 0 Å². The summed E-state index contributed by atoms with van der Waals surface area (Å²) in [5.74, 6) is -0.0198. The molecule has 2 heteroatoms. The Morgan fingerprint density at radius 2 is 2.13 bits per heavy atom. The van der Waals surface area contributed by atoms with Gasteiger partial charge in [-0.3, -0.25) is 9.78 Å². The van der Waals surface area contributed by atoms with Crippen molar-refractivity contribution in [1.29, 1.82) is 0 Å². The number of rotatable bonds is 2. The number of ketones is 1. The van der Waals surface area contributed by atoms with Gasteiger partial charge in [0.2, 0.25) is 0 Å². The van der Waals surface area contributed by atoms with Crippen LogP contribution >= 0.6 is 0 Å². The summed E-state index contributed by atoms with van der Waals surface area (Å²) < 4.78 is 0. The van der Waals surface area contributed by atoms with Gasteiger partial charge in [-0.05, 0) is 23.9 Å². The average molecular weight is 197 g/mol. The lowest BCUT2D eigenvalue weighted by Crippen LogP contribution is -2.00. The summed E-state index contributed by atoms with van der Waals surface area (Å²) in [7, 11) is 0. The number of benzene rings is 1. The van der Waals surface area contributed by atoms with Crippen LogP contribution in [0.3, 0.4) is 0 Å². The average Bonchev–Trinajstić information content (AvgIpc) is 2.27. The van der Waals surface area contributed by atoms with E-state index in [0.717, 1.165) is 10.8 Å². The van der Waals surface area contributed by atoms with Gasteiger partial charge in [0.05, 0.1) is 0 Å². The maximum absolute atomic E-state index is 11.8. The Kier molecular flexibility index (Phi) is 2.34. The highest BCUT2D eigenvalue weighted by Crippen LogP contribution is 2.19. The Hall–Kier alpha value is -1.96. The van der Waals surface area contributed by atoms with Crippen molar-refractivity contribution in [3.63, 3.8) is 0 Å². The molecule has 0 saturated heterocycles. The van der Waals surface area contributed by atoms with Gasteiger partial charge in [0.15, 0.2) is 5.78 Å². The minimum atomic E-state index is -0.0198. The first-order valence-electron chi connectivity index (χ1n) is 4.73. The highest BCUT2D eigenvalue weighted by molar-refractivity contribution is 6.15. The molecule has 0 atom stereocenters. The van der Waals surface area contributed by atoms with Crippen molar-refractivity contribution in [2.45, 2.75) is 6.92 Å². The van der Waals surface area contributed by atoms with Gasteiger partial charge in [0.1, 0.15) is 0 Å². The molecule has 1 aromatic carbocycles. The van der Waals surface area contributed by atoms with Crippen molar-refractivity contribution in [2.24, 2.45) is 0 Å². The molecule has 0 radical (unpaired) electrons. The topological polar surface area (TPSA) is 30.0 Å². The van der Waals surface area contributed by atoms with Crippen LogP contribution in [0.2, 0.25) is 0 Å². The molecule has 1 heterocycles. The van der Waals surface area contributed by atoms with Gasteiger partial charge in [-0.2, -0.15) is 0 Å². The normalized spacial score (nSPS) is 10.2. The molecular formula is C13H11NO. The van der Waals surface area contributed by atoms with Crippen LogP contribution in [0.5, 0.6) is 0 Å². The van der Waals surface area contributed by atoms with Gasteiger partial charge in [-0.1, -0.05) is 24.8 Å². The van der Waals surface area contributed by atoms with Crippen molar-refractivity contribution in [3.8, 4) is 0 Å². The molecular weight excluding hydrogens is 186 g/mol. The van der Waals surface area contributed by atoms with E-state index in [9.17, 15) is 4.79 Å². The van der Waals surface area contributed by atoms with Crippen molar-refractivity contribution in [1.82, 2.24) is 4.98 Å². The summed E-state index contributed by atoms with van der Waals surface area (Å²) in [6.45, 7) is 5.39. The standard InChI is InChI=1S/C13H11NO/c1-9(2)13(15)11-5-3-4-10-6-7-14-8-12(10)11/h3-8H,1H2,2H3. The summed E-state index contributed by atoms with van der Waals surface area (Å²) in [6, 6.07) is 7.54. The second-order valence-electron chi connectivity index (χ2n) is 3.51. The molecule has 2 rings (SSSR count). The van der Waals surface area contributed by atoms with E-state index in [2.05, 4.69) is 11.6 Å². The zero-order valence-corrected chi connectivity index (χ0v) is 8.53. The fourth-order valence-electron chi connectivity index (χ4n) is 1.54. The summed E-state index contributed by atoms with van der Waals surface area (Å²) in [6.07, 6.45) is 3.43. The van der Waals surface area contributed by atoms with Crippen molar-refractivity contribution in [2.75, 3.05) is 0 Å². The molecule has 0 saturated carbocycles. The second kappa shape index (κ2) is 3.65. The van der Waals surface area contributed by atoms with E-state index in [1.165, 1.54) is 0 Å². The number of Topliss-reactive ketones (excluding diaryl/α,β-unsaturated/α-hetero) is 1. The van der Waals surface area contributed by atoms with E-state index >= 15 is 0 Å². The molecule has 0 aliphatic heterocycles. The zero-order valence-electron chi connectivity index (χ0n) is 8.53. The van der Waals surface area contributed by atoms with Gasteiger partial charge >= 0.3 is 0 Å². The lowest BCUT2D eigenvalue weighted by atomic mass is 10.0. The smallest absolute Gasteiger partial charge is 0.188 e. The Morgan fingerprint density at radius 1 is 1.33 bits per heavy atom. The largest absolute Gasteiger partial charge is 0.289 e. The molecule has 0 bridgehead atoms. The molecule has 0 unspecified atom stereocenters. The highest BCUT2D eigenvalue weighted by Gasteiger charge is 2.09. The lowest BCUT2D eigenvalue weighted by molar-refractivity contribution is 0.103. The molecule has 2 nitrogen and oxygen atoms in total.